The number of carbonyl (C=O) groups is 1. The van der Waals surface area contributed by atoms with Crippen LogP contribution in [0.1, 0.15) is 44.9 Å². The topological polar surface area (TPSA) is 66.5 Å². The van der Waals surface area contributed by atoms with Gasteiger partial charge in [0.05, 0.1) is 72.0 Å². The molecule has 2 rings (SSSR count). The Balaban J connectivity index is 0.00000420. The minimum absolute atomic E-state index is 0. The highest BCUT2D eigenvalue weighted by Crippen LogP contribution is 2.25. The Morgan fingerprint density at radius 1 is 0.533 bits per heavy atom. The van der Waals surface area contributed by atoms with E-state index < -0.39 is 0 Å². The molecule has 0 bridgehead atoms. The van der Waals surface area contributed by atoms with Gasteiger partial charge >= 0.3 is 0 Å². The van der Waals surface area contributed by atoms with Crippen molar-refractivity contribution in [3.05, 3.63) is 20.8 Å². The van der Waals surface area contributed by atoms with Gasteiger partial charge in [-0.2, -0.15) is 0 Å². The molecule has 1 aliphatic heterocycles. The van der Waals surface area contributed by atoms with Gasteiger partial charge in [-0.15, -0.1) is 0 Å². The molecule has 1 saturated heterocycles. The van der Waals surface area contributed by atoms with Gasteiger partial charge in [0.15, 0.2) is 0 Å². The van der Waals surface area contributed by atoms with Crippen molar-refractivity contribution in [2.24, 2.45) is 0 Å². The molecule has 1 heterocycles. The summed E-state index contributed by atoms with van der Waals surface area (Å²) < 4.78 is 27.7. The molecular weight excluding hydrogens is 386 g/mol. The van der Waals surface area contributed by atoms with Crippen molar-refractivity contribution in [2.45, 2.75) is 44.9 Å². The van der Waals surface area contributed by atoms with Gasteiger partial charge in [-0.25, -0.2) is 0 Å². The van der Waals surface area contributed by atoms with E-state index in [1.165, 1.54) is 19.3 Å². The lowest BCUT2D eigenvalue weighted by atomic mass is 9.90. The van der Waals surface area contributed by atoms with Gasteiger partial charge in [0, 0.05) is 13.1 Å². The lowest BCUT2D eigenvalue weighted by Crippen LogP contribution is -2.40. The van der Waals surface area contributed by atoms with Gasteiger partial charge in [0.25, 0.3) is 0 Å². The van der Waals surface area contributed by atoms with Gasteiger partial charge in [0.2, 0.25) is 5.91 Å². The summed E-state index contributed by atoms with van der Waals surface area (Å²) in [6.07, 6.45) is 7.87. The zero-order valence-electron chi connectivity index (χ0n) is 18.7. The summed E-state index contributed by atoms with van der Waals surface area (Å²) in [6.45, 7) is 6.55. The highest BCUT2D eigenvalue weighted by atomic mass is 16.6. The van der Waals surface area contributed by atoms with Crippen LogP contribution in [0.5, 0.6) is 0 Å². The van der Waals surface area contributed by atoms with Gasteiger partial charge in [-0.1, -0.05) is 47.0 Å². The first-order valence-corrected chi connectivity index (χ1v) is 10.9. The summed E-state index contributed by atoms with van der Waals surface area (Å²) >= 11 is 0. The molecule has 0 aromatic heterocycles. The molecule has 0 atom stereocenters. The summed E-state index contributed by atoms with van der Waals surface area (Å²) in [5.74, 6) is 1.27. The van der Waals surface area contributed by atoms with Crippen molar-refractivity contribution < 1.29 is 28.5 Å². The first kappa shape index (κ1) is 29.3. The second kappa shape index (κ2) is 20.2. The molecule has 1 amide bonds. The molecule has 1 aliphatic carbocycles. The van der Waals surface area contributed by atoms with Crippen LogP contribution >= 0.6 is 0 Å². The van der Waals surface area contributed by atoms with Crippen molar-refractivity contribution >= 4 is 5.91 Å². The van der Waals surface area contributed by atoms with Crippen LogP contribution in [0, 0.1) is 20.8 Å². The lowest BCUT2D eigenvalue weighted by Gasteiger charge is -2.28. The molecule has 175 valence electrons. The van der Waals surface area contributed by atoms with Crippen molar-refractivity contribution in [1.29, 1.82) is 0 Å². The molecule has 7 nitrogen and oxygen atoms in total. The Hall–Kier alpha value is -0.730. The molecule has 0 aromatic carbocycles. The smallest absolute Gasteiger partial charge is 0.230 e. The average Bonchev–Trinajstić information content (AvgIpc) is 2.67. The number of carbonyl (C=O) groups excluding carboxylic acids is 1. The van der Waals surface area contributed by atoms with Gasteiger partial charge < -0.3 is 28.6 Å². The summed E-state index contributed by atoms with van der Waals surface area (Å²) in [6, 6.07) is 0. The second-order valence-electron chi connectivity index (χ2n) is 7.23. The first-order valence-electron chi connectivity index (χ1n) is 10.9. The number of nitrogens with zero attached hydrogens (tertiary/aromatic N) is 1. The van der Waals surface area contributed by atoms with E-state index in [-0.39, 0.29) is 20.8 Å². The SMILES string of the molecule is O=C([C]1CCCCCCC1)N1CCOCCOCCOCCOCCOCC1.[CH2].[CH2]. The Morgan fingerprint density at radius 2 is 0.867 bits per heavy atom. The molecule has 0 unspecified atom stereocenters. The number of hydrogen-bond acceptors (Lipinski definition) is 6. The fourth-order valence-electron chi connectivity index (χ4n) is 3.42. The predicted molar refractivity (Wildman–Crippen MR) is 117 cm³/mol. The number of ether oxygens (including phenoxy) is 5. The van der Waals surface area contributed by atoms with Crippen LogP contribution in [-0.4, -0.2) is 90.0 Å². The molecule has 30 heavy (non-hydrogen) atoms. The minimum atomic E-state index is 0. The van der Waals surface area contributed by atoms with Gasteiger partial charge in [0.1, 0.15) is 0 Å². The molecule has 2 aliphatic rings. The number of rotatable bonds is 1. The van der Waals surface area contributed by atoms with E-state index in [1.807, 2.05) is 4.90 Å². The van der Waals surface area contributed by atoms with Crippen molar-refractivity contribution in [1.82, 2.24) is 4.90 Å². The predicted octanol–water partition coefficient (Wildman–Crippen LogP) is 2.88. The van der Waals surface area contributed by atoms with Gasteiger partial charge in [-0.05, 0) is 12.8 Å². The number of amides is 1. The first-order chi connectivity index (χ1) is 13.9. The van der Waals surface area contributed by atoms with E-state index >= 15 is 0 Å². The molecule has 1 saturated carbocycles. The molecule has 5 radical (unpaired) electrons. The fourth-order valence-corrected chi connectivity index (χ4v) is 3.42. The van der Waals surface area contributed by atoms with Crippen LogP contribution in [0.2, 0.25) is 0 Å². The normalized spacial score (nSPS) is 22.9. The summed E-state index contributed by atoms with van der Waals surface area (Å²) in [7, 11) is 0. The minimum Gasteiger partial charge on any atom is -0.377 e. The zero-order chi connectivity index (χ0) is 19.7. The molecular formula is C23H42NO6. The van der Waals surface area contributed by atoms with Crippen LogP contribution in [0.4, 0.5) is 0 Å². The van der Waals surface area contributed by atoms with E-state index in [0.29, 0.717) is 79.2 Å². The van der Waals surface area contributed by atoms with E-state index in [0.717, 1.165) is 31.6 Å². The Labute approximate surface area is 184 Å². The van der Waals surface area contributed by atoms with Gasteiger partial charge in [-0.3, -0.25) is 4.79 Å². The Morgan fingerprint density at radius 3 is 1.27 bits per heavy atom. The van der Waals surface area contributed by atoms with Crippen LogP contribution < -0.4 is 0 Å². The second-order valence-corrected chi connectivity index (χ2v) is 7.23. The highest BCUT2D eigenvalue weighted by molar-refractivity contribution is 5.90. The number of hydrogen-bond donors (Lipinski definition) is 0. The largest absolute Gasteiger partial charge is 0.377 e. The average molecular weight is 429 g/mol. The molecule has 0 N–H and O–H groups in total. The van der Waals surface area contributed by atoms with Crippen LogP contribution in [0.25, 0.3) is 0 Å². The monoisotopic (exact) mass is 428 g/mol. The Bertz CT molecular complexity index is 370. The van der Waals surface area contributed by atoms with Crippen molar-refractivity contribution in [3.63, 3.8) is 0 Å². The molecule has 2 fully saturated rings. The van der Waals surface area contributed by atoms with E-state index in [4.69, 9.17) is 23.7 Å². The maximum Gasteiger partial charge on any atom is 0.230 e. The molecule has 0 spiro atoms. The van der Waals surface area contributed by atoms with Crippen LogP contribution in [0.3, 0.4) is 0 Å². The summed E-state index contributed by atoms with van der Waals surface area (Å²) in [5, 5.41) is 0. The maximum absolute atomic E-state index is 13.1. The molecule has 7 heteroatoms. The standard InChI is InChI=1S/C21H38NO6.2CH2/c23-21(20-6-4-2-1-3-5-7-20)22-8-10-24-12-14-26-16-18-28-19-17-27-15-13-25-11-9-22;;/h1-19H2;2*1H2. The summed E-state index contributed by atoms with van der Waals surface area (Å²) in [5.41, 5.74) is 0. The van der Waals surface area contributed by atoms with E-state index in [1.54, 1.807) is 0 Å². The third-order valence-electron chi connectivity index (χ3n) is 5.05. The third kappa shape index (κ3) is 13.5. The maximum atomic E-state index is 13.1. The quantitative estimate of drug-likeness (QED) is 0.640. The molecule has 0 aromatic rings. The van der Waals surface area contributed by atoms with Crippen LogP contribution in [0.15, 0.2) is 0 Å². The van der Waals surface area contributed by atoms with Crippen LogP contribution in [-0.2, 0) is 28.5 Å². The summed E-state index contributed by atoms with van der Waals surface area (Å²) in [4.78, 5) is 15.0. The fraction of sp³-hybridized carbons (Fsp3) is 0.826. The third-order valence-corrected chi connectivity index (χ3v) is 5.05. The van der Waals surface area contributed by atoms with Crippen molar-refractivity contribution in [2.75, 3.05) is 79.2 Å². The van der Waals surface area contributed by atoms with E-state index in [2.05, 4.69) is 0 Å². The zero-order valence-corrected chi connectivity index (χ0v) is 18.7. The van der Waals surface area contributed by atoms with E-state index in [9.17, 15) is 4.79 Å². The lowest BCUT2D eigenvalue weighted by molar-refractivity contribution is -0.131. The van der Waals surface area contributed by atoms with Crippen molar-refractivity contribution in [3.8, 4) is 0 Å². The highest BCUT2D eigenvalue weighted by Gasteiger charge is 2.25. The Kier molecular flexibility index (Phi) is 19.7.